The van der Waals surface area contributed by atoms with E-state index < -0.39 is 6.04 Å². The molecule has 1 atom stereocenters. The molecule has 0 bridgehead atoms. The van der Waals surface area contributed by atoms with Crippen molar-refractivity contribution < 1.29 is 9.59 Å². The summed E-state index contributed by atoms with van der Waals surface area (Å²) in [6.07, 6.45) is 11.3. The first-order valence-corrected chi connectivity index (χ1v) is 10.8. The molecule has 3 aliphatic rings. The van der Waals surface area contributed by atoms with E-state index in [-0.39, 0.29) is 30.4 Å². The summed E-state index contributed by atoms with van der Waals surface area (Å²) >= 11 is 0. The summed E-state index contributed by atoms with van der Waals surface area (Å²) in [6.45, 7) is 2.34. The monoisotopic (exact) mass is 368 g/mol. The molecule has 146 valence electrons. The normalized spacial score (nSPS) is 25.9. The standard InChI is InChI=1S/C23H32N2O2/c1-17-12-14-18(15-13-17)22-23(27)24(19-8-4-2-5-9-19)16-21(26)25(22)20-10-6-3-7-11-20/h12-15,19-20,22H,2-11,16H2,1H3. The molecule has 1 aliphatic heterocycles. The highest BCUT2D eigenvalue weighted by Gasteiger charge is 2.45. The number of carbonyl (C=O) groups excluding carboxylic acids is 2. The van der Waals surface area contributed by atoms with Gasteiger partial charge in [-0.05, 0) is 38.2 Å². The maximum Gasteiger partial charge on any atom is 0.250 e. The smallest absolute Gasteiger partial charge is 0.250 e. The Labute approximate surface area is 162 Å². The predicted molar refractivity (Wildman–Crippen MR) is 106 cm³/mol. The predicted octanol–water partition coefficient (Wildman–Crippen LogP) is 4.37. The minimum absolute atomic E-state index is 0.149. The Balaban J connectivity index is 1.67. The molecule has 0 spiro atoms. The van der Waals surface area contributed by atoms with Crippen molar-refractivity contribution >= 4 is 11.8 Å². The highest BCUT2D eigenvalue weighted by Crippen LogP contribution is 2.36. The second-order valence-corrected chi connectivity index (χ2v) is 8.66. The lowest BCUT2D eigenvalue weighted by molar-refractivity contribution is -0.162. The van der Waals surface area contributed by atoms with Gasteiger partial charge >= 0.3 is 0 Å². The third-order valence-electron chi connectivity index (χ3n) is 6.77. The highest BCUT2D eigenvalue weighted by atomic mass is 16.2. The summed E-state index contributed by atoms with van der Waals surface area (Å²) in [5.41, 5.74) is 2.16. The van der Waals surface area contributed by atoms with Gasteiger partial charge < -0.3 is 9.80 Å². The molecule has 2 amide bonds. The molecular weight excluding hydrogens is 336 g/mol. The molecule has 4 rings (SSSR count). The zero-order chi connectivity index (χ0) is 18.8. The molecular formula is C23H32N2O2. The van der Waals surface area contributed by atoms with Gasteiger partial charge in [0.2, 0.25) is 5.91 Å². The molecule has 1 aromatic carbocycles. The lowest BCUT2D eigenvalue weighted by atomic mass is 9.88. The van der Waals surface area contributed by atoms with Crippen LogP contribution in [0.1, 0.15) is 81.4 Å². The fourth-order valence-electron chi connectivity index (χ4n) is 5.25. The second kappa shape index (κ2) is 8.04. The van der Waals surface area contributed by atoms with E-state index in [4.69, 9.17) is 0 Å². The number of carbonyl (C=O) groups is 2. The lowest BCUT2D eigenvalue weighted by Crippen LogP contribution is -2.61. The Morgan fingerprint density at radius 2 is 1.33 bits per heavy atom. The zero-order valence-corrected chi connectivity index (χ0v) is 16.5. The Kier molecular flexibility index (Phi) is 5.51. The number of amides is 2. The van der Waals surface area contributed by atoms with Crippen molar-refractivity contribution in [1.82, 2.24) is 9.80 Å². The van der Waals surface area contributed by atoms with E-state index in [9.17, 15) is 9.59 Å². The average Bonchev–Trinajstić information content (AvgIpc) is 2.71. The van der Waals surface area contributed by atoms with E-state index in [1.54, 1.807) is 0 Å². The molecule has 1 unspecified atom stereocenters. The zero-order valence-electron chi connectivity index (χ0n) is 16.5. The summed E-state index contributed by atoms with van der Waals surface area (Å²) in [5.74, 6) is 0.300. The van der Waals surface area contributed by atoms with Crippen molar-refractivity contribution in [3.8, 4) is 0 Å². The number of nitrogens with zero attached hydrogens (tertiary/aromatic N) is 2. The van der Waals surface area contributed by atoms with Crippen LogP contribution >= 0.6 is 0 Å². The fourth-order valence-corrected chi connectivity index (χ4v) is 5.25. The maximum atomic E-state index is 13.6. The number of piperazine rings is 1. The minimum atomic E-state index is -0.433. The molecule has 2 aliphatic carbocycles. The molecule has 2 saturated carbocycles. The number of benzene rings is 1. The van der Waals surface area contributed by atoms with Crippen molar-refractivity contribution in [3.63, 3.8) is 0 Å². The minimum Gasteiger partial charge on any atom is -0.328 e. The summed E-state index contributed by atoms with van der Waals surface area (Å²) < 4.78 is 0. The molecule has 3 fully saturated rings. The van der Waals surface area contributed by atoms with Crippen LogP contribution in [0.5, 0.6) is 0 Å². The first kappa shape index (κ1) is 18.5. The molecule has 0 radical (unpaired) electrons. The van der Waals surface area contributed by atoms with Crippen LogP contribution < -0.4 is 0 Å². The van der Waals surface area contributed by atoms with Crippen LogP contribution in [-0.2, 0) is 9.59 Å². The Morgan fingerprint density at radius 3 is 1.93 bits per heavy atom. The van der Waals surface area contributed by atoms with Gasteiger partial charge in [0.05, 0.1) is 0 Å². The van der Waals surface area contributed by atoms with E-state index in [0.29, 0.717) is 0 Å². The van der Waals surface area contributed by atoms with Gasteiger partial charge in [0.15, 0.2) is 0 Å². The highest BCUT2D eigenvalue weighted by molar-refractivity contribution is 5.96. The van der Waals surface area contributed by atoms with Crippen molar-refractivity contribution in [2.45, 2.75) is 89.3 Å². The molecule has 1 heterocycles. The van der Waals surface area contributed by atoms with Crippen molar-refractivity contribution in [2.75, 3.05) is 6.54 Å². The second-order valence-electron chi connectivity index (χ2n) is 8.66. The fraction of sp³-hybridized carbons (Fsp3) is 0.652. The quantitative estimate of drug-likeness (QED) is 0.795. The third kappa shape index (κ3) is 3.76. The first-order valence-electron chi connectivity index (χ1n) is 10.8. The maximum absolute atomic E-state index is 13.6. The van der Waals surface area contributed by atoms with Gasteiger partial charge in [-0.15, -0.1) is 0 Å². The van der Waals surface area contributed by atoms with Gasteiger partial charge in [-0.2, -0.15) is 0 Å². The van der Waals surface area contributed by atoms with Crippen LogP contribution in [0.2, 0.25) is 0 Å². The number of aryl methyl sites for hydroxylation is 1. The Hall–Kier alpha value is -1.84. The first-order chi connectivity index (χ1) is 13.1. The molecule has 1 saturated heterocycles. The van der Waals surface area contributed by atoms with Crippen molar-refractivity contribution in [3.05, 3.63) is 35.4 Å². The third-order valence-corrected chi connectivity index (χ3v) is 6.77. The SMILES string of the molecule is Cc1ccc(C2C(=O)N(C3CCCCC3)CC(=O)N2C2CCCCC2)cc1. The summed E-state index contributed by atoms with van der Waals surface area (Å²) in [4.78, 5) is 30.8. The topological polar surface area (TPSA) is 40.6 Å². The largest absolute Gasteiger partial charge is 0.328 e. The van der Waals surface area contributed by atoms with E-state index in [2.05, 4.69) is 19.1 Å². The van der Waals surface area contributed by atoms with Crippen LogP contribution in [0.4, 0.5) is 0 Å². The van der Waals surface area contributed by atoms with Gasteiger partial charge in [-0.1, -0.05) is 68.4 Å². The van der Waals surface area contributed by atoms with Crippen LogP contribution in [0.3, 0.4) is 0 Å². The van der Waals surface area contributed by atoms with Gasteiger partial charge in [-0.25, -0.2) is 0 Å². The van der Waals surface area contributed by atoms with Crippen molar-refractivity contribution in [2.24, 2.45) is 0 Å². The molecule has 1 aromatic rings. The lowest BCUT2D eigenvalue weighted by Gasteiger charge is -2.48. The summed E-state index contributed by atoms with van der Waals surface area (Å²) in [6, 6.07) is 8.25. The van der Waals surface area contributed by atoms with E-state index in [0.717, 1.165) is 44.1 Å². The van der Waals surface area contributed by atoms with Gasteiger partial charge in [-0.3, -0.25) is 9.59 Å². The van der Waals surface area contributed by atoms with E-state index in [1.807, 2.05) is 21.9 Å². The number of rotatable bonds is 3. The van der Waals surface area contributed by atoms with Gasteiger partial charge in [0.25, 0.3) is 5.91 Å². The molecule has 4 heteroatoms. The Bertz CT molecular complexity index is 672. The summed E-state index contributed by atoms with van der Waals surface area (Å²) in [5, 5.41) is 0. The van der Waals surface area contributed by atoms with Gasteiger partial charge in [0.1, 0.15) is 12.6 Å². The van der Waals surface area contributed by atoms with Crippen molar-refractivity contribution in [1.29, 1.82) is 0 Å². The molecule has 0 aromatic heterocycles. The molecule has 4 nitrogen and oxygen atoms in total. The van der Waals surface area contributed by atoms with Crippen LogP contribution in [-0.4, -0.2) is 40.2 Å². The van der Waals surface area contributed by atoms with E-state index >= 15 is 0 Å². The van der Waals surface area contributed by atoms with Crippen LogP contribution in [0, 0.1) is 6.92 Å². The molecule has 27 heavy (non-hydrogen) atoms. The van der Waals surface area contributed by atoms with Crippen LogP contribution in [0.15, 0.2) is 24.3 Å². The molecule has 0 N–H and O–H groups in total. The number of hydrogen-bond acceptors (Lipinski definition) is 2. The summed E-state index contributed by atoms with van der Waals surface area (Å²) in [7, 11) is 0. The van der Waals surface area contributed by atoms with E-state index in [1.165, 1.54) is 31.2 Å². The number of hydrogen-bond donors (Lipinski definition) is 0. The van der Waals surface area contributed by atoms with Gasteiger partial charge in [0, 0.05) is 12.1 Å². The Morgan fingerprint density at radius 1 is 0.778 bits per heavy atom. The average molecular weight is 369 g/mol. The van der Waals surface area contributed by atoms with Crippen LogP contribution in [0.25, 0.3) is 0 Å².